The summed E-state index contributed by atoms with van der Waals surface area (Å²) < 4.78 is 0. The van der Waals surface area contributed by atoms with E-state index in [9.17, 15) is 0 Å². The molecule has 1 nitrogen and oxygen atoms in total. The minimum Gasteiger partial charge on any atom is -0.245 e. The summed E-state index contributed by atoms with van der Waals surface area (Å²) in [5.74, 6) is 0. The van der Waals surface area contributed by atoms with Crippen LogP contribution in [0.1, 0.15) is 24.4 Å². The smallest absolute Gasteiger partial charge is 0.0801 e. The maximum absolute atomic E-state index is 4.21. The van der Waals surface area contributed by atoms with Crippen LogP contribution in [0.25, 0.3) is 6.08 Å². The minimum atomic E-state index is 1.09. The van der Waals surface area contributed by atoms with Gasteiger partial charge in [-0.1, -0.05) is 13.0 Å². The van der Waals surface area contributed by atoms with Crippen LogP contribution >= 0.6 is 11.3 Å². The van der Waals surface area contributed by atoms with Gasteiger partial charge >= 0.3 is 0 Å². The Balaban J connectivity index is 2.90. The van der Waals surface area contributed by atoms with Gasteiger partial charge in [-0.3, -0.25) is 0 Å². The summed E-state index contributed by atoms with van der Waals surface area (Å²) >= 11 is 1.73. The molecule has 0 aliphatic carbocycles. The molecule has 0 fully saturated rings. The Bertz CT molecular complexity index is 225. The fraction of sp³-hybridized carbons (Fsp3) is 0.375. The first-order valence-corrected chi connectivity index (χ1v) is 4.31. The second kappa shape index (κ2) is 3.52. The number of nitrogens with zero attached hydrogens (tertiary/aromatic N) is 1. The molecule has 0 unspecified atom stereocenters. The first-order chi connectivity index (χ1) is 4.88. The van der Waals surface area contributed by atoms with Crippen molar-refractivity contribution < 1.29 is 0 Å². The number of aryl methyl sites for hydroxylation is 1. The fourth-order valence-electron chi connectivity index (χ4n) is 0.837. The van der Waals surface area contributed by atoms with Crippen molar-refractivity contribution in [3.05, 3.63) is 22.2 Å². The SMILES string of the molecule is C/C=C\c1ncsc1CC. The van der Waals surface area contributed by atoms with Gasteiger partial charge in [0.2, 0.25) is 0 Å². The summed E-state index contributed by atoms with van der Waals surface area (Å²) in [6.45, 7) is 4.17. The van der Waals surface area contributed by atoms with Gasteiger partial charge in [0.05, 0.1) is 11.2 Å². The van der Waals surface area contributed by atoms with Gasteiger partial charge in [-0.25, -0.2) is 4.98 Å². The molecule has 0 aromatic carbocycles. The van der Waals surface area contributed by atoms with E-state index in [2.05, 4.69) is 18.0 Å². The number of aromatic nitrogens is 1. The first-order valence-electron chi connectivity index (χ1n) is 3.43. The monoisotopic (exact) mass is 153 g/mol. The number of hydrogen-bond donors (Lipinski definition) is 0. The molecule has 2 heteroatoms. The molecule has 10 heavy (non-hydrogen) atoms. The highest BCUT2D eigenvalue weighted by Gasteiger charge is 1.97. The van der Waals surface area contributed by atoms with Crippen LogP contribution in [0, 0.1) is 0 Å². The fourth-order valence-corrected chi connectivity index (χ4v) is 1.54. The lowest BCUT2D eigenvalue weighted by molar-refractivity contribution is 1.15. The number of rotatable bonds is 2. The molecule has 1 heterocycles. The lowest BCUT2D eigenvalue weighted by atomic mass is 10.3. The van der Waals surface area contributed by atoms with Crippen LogP contribution in [-0.2, 0) is 6.42 Å². The van der Waals surface area contributed by atoms with Crippen molar-refractivity contribution in [1.82, 2.24) is 4.98 Å². The van der Waals surface area contributed by atoms with Crippen LogP contribution in [0.4, 0.5) is 0 Å². The maximum atomic E-state index is 4.21. The number of allylic oxidation sites excluding steroid dienone is 1. The lowest BCUT2D eigenvalue weighted by Gasteiger charge is -1.88. The van der Waals surface area contributed by atoms with E-state index in [1.54, 1.807) is 11.3 Å². The van der Waals surface area contributed by atoms with Crippen LogP contribution < -0.4 is 0 Å². The Hall–Kier alpha value is -0.630. The second-order valence-corrected chi connectivity index (χ2v) is 2.95. The van der Waals surface area contributed by atoms with Gasteiger partial charge in [0.25, 0.3) is 0 Å². The third-order valence-electron chi connectivity index (χ3n) is 1.32. The summed E-state index contributed by atoms with van der Waals surface area (Å²) in [7, 11) is 0. The highest BCUT2D eigenvalue weighted by atomic mass is 32.1. The molecule has 0 spiro atoms. The van der Waals surface area contributed by atoms with Gasteiger partial charge in [0, 0.05) is 4.88 Å². The Kier molecular flexibility index (Phi) is 2.63. The molecule has 1 aromatic heterocycles. The predicted molar refractivity (Wildman–Crippen MR) is 46.2 cm³/mol. The van der Waals surface area contributed by atoms with Crippen molar-refractivity contribution in [3.63, 3.8) is 0 Å². The molecular formula is C8H11NS. The van der Waals surface area contributed by atoms with Crippen molar-refractivity contribution in [1.29, 1.82) is 0 Å². The van der Waals surface area contributed by atoms with E-state index in [0.29, 0.717) is 0 Å². The van der Waals surface area contributed by atoms with Crippen molar-refractivity contribution in [2.45, 2.75) is 20.3 Å². The molecule has 0 saturated heterocycles. The van der Waals surface area contributed by atoms with E-state index < -0.39 is 0 Å². The van der Waals surface area contributed by atoms with Gasteiger partial charge in [-0.2, -0.15) is 0 Å². The third-order valence-corrected chi connectivity index (χ3v) is 2.31. The normalized spacial score (nSPS) is 11.0. The Morgan fingerprint density at radius 3 is 3.10 bits per heavy atom. The van der Waals surface area contributed by atoms with E-state index >= 15 is 0 Å². The Morgan fingerprint density at radius 1 is 1.70 bits per heavy atom. The minimum absolute atomic E-state index is 1.09. The zero-order valence-corrected chi connectivity index (χ0v) is 7.11. The van der Waals surface area contributed by atoms with Crippen molar-refractivity contribution in [2.24, 2.45) is 0 Å². The summed E-state index contributed by atoms with van der Waals surface area (Å²) in [5, 5.41) is 0. The molecule has 0 saturated carbocycles. The van der Waals surface area contributed by atoms with Gasteiger partial charge in [0.15, 0.2) is 0 Å². The zero-order chi connectivity index (χ0) is 7.40. The van der Waals surface area contributed by atoms with E-state index in [4.69, 9.17) is 0 Å². The van der Waals surface area contributed by atoms with Gasteiger partial charge in [-0.15, -0.1) is 11.3 Å². The summed E-state index contributed by atoms with van der Waals surface area (Å²) in [6.07, 6.45) is 5.16. The predicted octanol–water partition coefficient (Wildman–Crippen LogP) is 2.74. The standard InChI is InChI=1S/C8H11NS/c1-3-5-7-8(4-2)10-6-9-7/h3,5-6H,4H2,1-2H3/b5-3-. The molecule has 54 valence electrons. The van der Waals surface area contributed by atoms with E-state index in [1.807, 2.05) is 18.5 Å². The quantitative estimate of drug-likeness (QED) is 0.636. The van der Waals surface area contributed by atoms with Gasteiger partial charge < -0.3 is 0 Å². The molecular weight excluding hydrogens is 142 g/mol. The van der Waals surface area contributed by atoms with Crippen LogP contribution in [0.3, 0.4) is 0 Å². The topological polar surface area (TPSA) is 12.9 Å². The molecule has 0 aliphatic heterocycles. The molecule has 0 N–H and O–H groups in total. The van der Waals surface area contributed by atoms with Gasteiger partial charge in [0.1, 0.15) is 0 Å². The van der Waals surface area contributed by atoms with Crippen LogP contribution in [0.5, 0.6) is 0 Å². The largest absolute Gasteiger partial charge is 0.245 e. The number of hydrogen-bond acceptors (Lipinski definition) is 2. The molecule has 0 aliphatic rings. The van der Waals surface area contributed by atoms with E-state index in [-0.39, 0.29) is 0 Å². The number of thiazole rings is 1. The van der Waals surface area contributed by atoms with E-state index in [0.717, 1.165) is 12.1 Å². The third kappa shape index (κ3) is 1.45. The van der Waals surface area contributed by atoms with E-state index in [1.165, 1.54) is 4.88 Å². The molecule has 0 amide bonds. The highest BCUT2D eigenvalue weighted by Crippen LogP contribution is 2.14. The molecule has 1 aromatic rings. The average molecular weight is 153 g/mol. The summed E-state index contributed by atoms with van der Waals surface area (Å²) in [4.78, 5) is 5.58. The molecule has 0 bridgehead atoms. The van der Waals surface area contributed by atoms with Crippen molar-refractivity contribution in [3.8, 4) is 0 Å². The molecule has 0 radical (unpaired) electrons. The summed E-state index contributed by atoms with van der Waals surface area (Å²) in [5.41, 5.74) is 3.03. The van der Waals surface area contributed by atoms with Crippen LogP contribution in [0.15, 0.2) is 11.6 Å². The average Bonchev–Trinajstić information content (AvgIpc) is 2.36. The second-order valence-electron chi connectivity index (χ2n) is 2.01. The van der Waals surface area contributed by atoms with Crippen LogP contribution in [0.2, 0.25) is 0 Å². The van der Waals surface area contributed by atoms with Crippen LogP contribution in [-0.4, -0.2) is 4.98 Å². The van der Waals surface area contributed by atoms with Crippen molar-refractivity contribution >= 4 is 17.4 Å². The maximum Gasteiger partial charge on any atom is 0.0801 e. The molecule has 0 atom stereocenters. The Labute approximate surface area is 65.4 Å². The van der Waals surface area contributed by atoms with Gasteiger partial charge in [-0.05, 0) is 19.4 Å². The zero-order valence-electron chi connectivity index (χ0n) is 6.29. The summed E-state index contributed by atoms with van der Waals surface area (Å²) in [6, 6.07) is 0. The lowest BCUT2D eigenvalue weighted by Crippen LogP contribution is -1.77. The highest BCUT2D eigenvalue weighted by molar-refractivity contribution is 7.09. The first kappa shape index (κ1) is 7.48. The van der Waals surface area contributed by atoms with Crippen molar-refractivity contribution in [2.75, 3.05) is 0 Å². The Morgan fingerprint density at radius 2 is 2.50 bits per heavy atom. The molecule has 1 rings (SSSR count).